The number of nitrogens with zero attached hydrogens (tertiary/aromatic N) is 8. The summed E-state index contributed by atoms with van der Waals surface area (Å²) in [7, 11) is 1.51. The third-order valence-electron chi connectivity index (χ3n) is 9.51. The summed E-state index contributed by atoms with van der Waals surface area (Å²) in [5, 5.41) is 41.8. The number of carbonyl (C=O) groups is 3. The van der Waals surface area contributed by atoms with E-state index < -0.39 is 42.3 Å². The van der Waals surface area contributed by atoms with Gasteiger partial charge in [-0.3, -0.25) is 14.7 Å². The van der Waals surface area contributed by atoms with Gasteiger partial charge in [0.1, 0.15) is 18.8 Å². The van der Waals surface area contributed by atoms with Crippen LogP contribution in [0.25, 0.3) is 11.2 Å². The van der Waals surface area contributed by atoms with E-state index in [9.17, 15) is 29.7 Å². The predicted octanol–water partition coefficient (Wildman–Crippen LogP) is 0.566. The van der Waals surface area contributed by atoms with Gasteiger partial charge in [0.05, 0.1) is 42.9 Å². The fraction of sp³-hybridized carbons (Fsp3) is 0.424. The fourth-order valence-electron chi connectivity index (χ4n) is 6.97. The Bertz CT molecular complexity index is 1860. The number of fused-ring (bicyclic) bond motifs is 1. The SMILES string of the molecule is CN1CC(=O)N([C@H]2C[C@@H](n3cnc4c(N[C@H](CO)Cc5ccccc5)nc(N5CCC(NC(=O)Nc6cccnc6)C5)nc43)[C@H](O)[C@@H]2O)C1=O. The smallest absolute Gasteiger partial charge is 0.327 e. The Morgan fingerprint density at radius 2 is 1.86 bits per heavy atom. The maximum Gasteiger partial charge on any atom is 0.327 e. The Balaban J connectivity index is 1.18. The number of imide groups is 1. The molecular formula is C33H39N11O6. The molecule has 5 amide bonds. The summed E-state index contributed by atoms with van der Waals surface area (Å²) in [5.41, 5.74) is 2.31. The van der Waals surface area contributed by atoms with Crippen LogP contribution in [0, 0.1) is 0 Å². The molecule has 3 fully saturated rings. The van der Waals surface area contributed by atoms with E-state index in [1.54, 1.807) is 29.1 Å². The van der Waals surface area contributed by atoms with Gasteiger partial charge in [0, 0.05) is 32.4 Å². The average molecular weight is 686 g/mol. The summed E-state index contributed by atoms with van der Waals surface area (Å²) >= 11 is 0. The molecule has 3 aromatic heterocycles. The topological polar surface area (TPSA) is 214 Å². The molecule has 0 spiro atoms. The largest absolute Gasteiger partial charge is 0.394 e. The number of aromatic nitrogens is 5. The molecule has 17 nitrogen and oxygen atoms in total. The molecular weight excluding hydrogens is 646 g/mol. The van der Waals surface area contributed by atoms with Crippen molar-refractivity contribution in [1.29, 1.82) is 0 Å². The van der Waals surface area contributed by atoms with Crippen molar-refractivity contribution in [2.45, 2.75) is 55.6 Å². The Labute approximate surface area is 287 Å². The summed E-state index contributed by atoms with van der Waals surface area (Å²) < 4.78 is 1.65. The second-order valence-corrected chi connectivity index (χ2v) is 12.9. The van der Waals surface area contributed by atoms with E-state index in [0.29, 0.717) is 54.5 Å². The number of rotatable bonds is 10. The number of likely N-dealkylation sites (N-methyl/N-ethyl adjacent to an activating group) is 1. The number of hydrogen-bond donors (Lipinski definition) is 6. The molecule has 1 unspecified atom stereocenters. The van der Waals surface area contributed by atoms with E-state index in [1.807, 2.05) is 35.2 Å². The van der Waals surface area contributed by atoms with Crippen LogP contribution in [0.4, 0.5) is 27.0 Å². The van der Waals surface area contributed by atoms with E-state index in [2.05, 4.69) is 25.9 Å². The highest BCUT2D eigenvalue weighted by molar-refractivity contribution is 6.02. The third-order valence-corrected chi connectivity index (χ3v) is 9.51. The number of anilines is 3. The fourth-order valence-corrected chi connectivity index (χ4v) is 6.97. The number of aliphatic hydroxyl groups excluding tert-OH is 3. The quantitative estimate of drug-likeness (QED) is 0.126. The zero-order valence-electron chi connectivity index (χ0n) is 27.3. The maximum atomic E-state index is 12.8. The van der Waals surface area contributed by atoms with Crippen molar-refractivity contribution >= 4 is 46.6 Å². The van der Waals surface area contributed by atoms with Crippen LogP contribution in [-0.4, -0.2) is 131 Å². The molecule has 5 heterocycles. The van der Waals surface area contributed by atoms with Gasteiger partial charge >= 0.3 is 12.1 Å². The molecule has 6 N–H and O–H groups in total. The lowest BCUT2D eigenvalue weighted by Gasteiger charge is -2.24. The highest BCUT2D eigenvalue weighted by Crippen LogP contribution is 2.38. The van der Waals surface area contributed by atoms with Crippen LogP contribution < -0.4 is 20.9 Å². The number of urea groups is 2. The number of benzene rings is 1. The summed E-state index contributed by atoms with van der Waals surface area (Å²) in [6, 6.07) is 9.95. The van der Waals surface area contributed by atoms with Crippen molar-refractivity contribution in [3.8, 4) is 0 Å². The van der Waals surface area contributed by atoms with E-state index in [0.717, 1.165) is 10.5 Å². The molecule has 50 heavy (non-hydrogen) atoms. The van der Waals surface area contributed by atoms with E-state index >= 15 is 0 Å². The minimum atomic E-state index is -1.39. The monoisotopic (exact) mass is 685 g/mol. The summed E-state index contributed by atoms with van der Waals surface area (Å²) in [4.78, 5) is 60.7. The zero-order valence-corrected chi connectivity index (χ0v) is 27.3. The second kappa shape index (κ2) is 13.9. The summed E-state index contributed by atoms with van der Waals surface area (Å²) in [5.74, 6) is 0.257. The van der Waals surface area contributed by atoms with Gasteiger partial charge < -0.3 is 45.6 Å². The lowest BCUT2D eigenvalue weighted by Crippen LogP contribution is -2.47. The number of nitrogens with one attached hydrogen (secondary N) is 3. The first-order chi connectivity index (χ1) is 24.2. The van der Waals surface area contributed by atoms with Crippen molar-refractivity contribution in [3.63, 3.8) is 0 Å². The first-order valence-electron chi connectivity index (χ1n) is 16.5. The van der Waals surface area contributed by atoms with Crippen molar-refractivity contribution in [1.82, 2.24) is 39.6 Å². The van der Waals surface area contributed by atoms with Gasteiger partial charge in [-0.25, -0.2) is 14.6 Å². The van der Waals surface area contributed by atoms with Gasteiger partial charge in [-0.1, -0.05) is 30.3 Å². The van der Waals surface area contributed by atoms with Crippen LogP contribution in [0.1, 0.15) is 24.4 Å². The normalized spacial score (nSPS) is 24.3. The highest BCUT2D eigenvalue weighted by atomic mass is 16.3. The Morgan fingerprint density at radius 1 is 1.06 bits per heavy atom. The number of amides is 5. The van der Waals surface area contributed by atoms with Crippen molar-refractivity contribution in [2.24, 2.45) is 0 Å². The molecule has 4 aromatic rings. The highest BCUT2D eigenvalue weighted by Gasteiger charge is 2.51. The number of imidazole rings is 1. The van der Waals surface area contributed by atoms with Gasteiger partial charge in [0.15, 0.2) is 17.0 Å². The molecule has 7 rings (SSSR count). The predicted molar refractivity (Wildman–Crippen MR) is 181 cm³/mol. The minimum Gasteiger partial charge on any atom is -0.394 e. The van der Waals surface area contributed by atoms with Crippen molar-refractivity contribution < 1.29 is 29.7 Å². The van der Waals surface area contributed by atoms with Crippen LogP contribution in [0.15, 0.2) is 61.2 Å². The van der Waals surface area contributed by atoms with Crippen LogP contribution in [0.2, 0.25) is 0 Å². The first-order valence-corrected chi connectivity index (χ1v) is 16.5. The summed E-state index contributed by atoms with van der Waals surface area (Å²) in [6.07, 6.45) is 3.16. The molecule has 2 aliphatic heterocycles. The van der Waals surface area contributed by atoms with Crippen LogP contribution in [0.3, 0.4) is 0 Å². The molecule has 1 saturated carbocycles. The van der Waals surface area contributed by atoms with E-state index in [1.165, 1.54) is 18.3 Å². The van der Waals surface area contributed by atoms with Crippen LogP contribution >= 0.6 is 0 Å². The number of pyridine rings is 1. The number of hydrogen-bond acceptors (Lipinski definition) is 12. The van der Waals surface area contributed by atoms with E-state index in [-0.39, 0.29) is 31.6 Å². The molecule has 0 bridgehead atoms. The average Bonchev–Trinajstić information content (AvgIpc) is 3.88. The van der Waals surface area contributed by atoms with Gasteiger partial charge in [-0.2, -0.15) is 9.97 Å². The van der Waals surface area contributed by atoms with Crippen molar-refractivity contribution in [2.75, 3.05) is 48.8 Å². The number of carbonyl (C=O) groups excluding carboxylic acids is 3. The molecule has 1 aliphatic carbocycles. The van der Waals surface area contributed by atoms with Crippen LogP contribution in [-0.2, 0) is 11.2 Å². The molecule has 3 aliphatic rings. The summed E-state index contributed by atoms with van der Waals surface area (Å²) in [6.45, 7) is 0.643. The van der Waals surface area contributed by atoms with Gasteiger partial charge in [-0.15, -0.1) is 0 Å². The third kappa shape index (κ3) is 6.49. The Morgan fingerprint density at radius 3 is 2.58 bits per heavy atom. The molecule has 2 saturated heterocycles. The Hall–Kier alpha value is -5.39. The van der Waals surface area contributed by atoms with Gasteiger partial charge in [0.2, 0.25) is 5.95 Å². The minimum absolute atomic E-state index is 0.0796. The van der Waals surface area contributed by atoms with Gasteiger partial charge in [-0.05, 0) is 37.0 Å². The van der Waals surface area contributed by atoms with Crippen molar-refractivity contribution in [3.05, 3.63) is 66.7 Å². The lowest BCUT2D eigenvalue weighted by molar-refractivity contribution is -0.128. The second-order valence-electron chi connectivity index (χ2n) is 12.9. The molecule has 17 heteroatoms. The molecule has 6 atom stereocenters. The van der Waals surface area contributed by atoms with Crippen LogP contribution in [0.5, 0.6) is 0 Å². The van der Waals surface area contributed by atoms with Gasteiger partial charge in [0.25, 0.3) is 5.91 Å². The lowest BCUT2D eigenvalue weighted by atomic mass is 10.1. The molecule has 1 aromatic carbocycles. The zero-order chi connectivity index (χ0) is 34.9. The number of aliphatic hydroxyl groups is 3. The maximum absolute atomic E-state index is 12.8. The molecule has 0 radical (unpaired) electrons. The standard InChI is InChI=1S/C33H39N11O6/c1-41-16-25(46)44(33(41)50)24-13-23(27(47)28(24)48)43-18-35-26-29(36-22(17-45)12-19-6-3-2-4-7-19)39-31(40-30(26)43)42-11-9-21(15-42)38-32(49)37-20-8-5-10-34-14-20/h2-8,10,14,18,21-24,27-28,45,47-48H,9,11-13,15-17H2,1H3,(H,36,39,40)(H2,37,38,49)/t21?,22-,23+,24-,27-,28+/m0/s1. The first kappa shape index (κ1) is 33.1. The van der Waals surface area contributed by atoms with E-state index in [4.69, 9.17) is 9.97 Å². The molecule has 262 valence electrons. The Kier molecular flexibility index (Phi) is 9.18.